The van der Waals surface area contributed by atoms with Crippen LogP contribution in [-0.4, -0.2) is 5.16 Å². The fraction of sp³-hybridized carbons (Fsp3) is 0.308. The van der Waals surface area contributed by atoms with Crippen molar-refractivity contribution in [1.29, 1.82) is 0 Å². The number of nitrogens with two attached hydrogens (primary N) is 1. The molecule has 4 heteroatoms. The molecule has 0 spiro atoms. The van der Waals surface area contributed by atoms with Crippen LogP contribution < -0.4 is 5.73 Å². The van der Waals surface area contributed by atoms with Gasteiger partial charge in [-0.2, -0.15) is 0 Å². The first-order valence-corrected chi connectivity index (χ1v) is 6.40. The molecule has 0 saturated carbocycles. The number of aryl methyl sites for hydroxylation is 1. The van der Waals surface area contributed by atoms with E-state index in [0.717, 1.165) is 27.9 Å². The highest BCUT2D eigenvalue weighted by molar-refractivity contribution is 9.10. The van der Waals surface area contributed by atoms with Crippen molar-refractivity contribution in [3.63, 3.8) is 0 Å². The fourth-order valence-corrected chi connectivity index (χ4v) is 2.32. The van der Waals surface area contributed by atoms with E-state index in [1.807, 2.05) is 25.1 Å². The van der Waals surface area contributed by atoms with Gasteiger partial charge in [0, 0.05) is 16.1 Å². The second-order valence-corrected chi connectivity index (χ2v) is 4.97. The second-order valence-electron chi connectivity index (χ2n) is 4.11. The number of benzene rings is 1. The summed E-state index contributed by atoms with van der Waals surface area (Å²) in [6.45, 7) is 4.07. The van der Waals surface area contributed by atoms with E-state index in [-0.39, 0.29) is 6.04 Å². The van der Waals surface area contributed by atoms with E-state index in [4.69, 9.17) is 10.3 Å². The maximum absolute atomic E-state index is 5.90. The highest BCUT2D eigenvalue weighted by atomic mass is 79.9. The number of nitrogens with zero attached hydrogens (tertiary/aromatic N) is 1. The Morgan fingerprint density at radius 1 is 1.41 bits per heavy atom. The van der Waals surface area contributed by atoms with Gasteiger partial charge in [-0.15, -0.1) is 0 Å². The Labute approximate surface area is 109 Å². The lowest BCUT2D eigenvalue weighted by molar-refractivity contribution is 0.360. The molecule has 0 amide bonds. The van der Waals surface area contributed by atoms with Crippen molar-refractivity contribution in [2.75, 3.05) is 0 Å². The van der Waals surface area contributed by atoms with Crippen LogP contribution in [0.1, 0.15) is 30.7 Å². The molecule has 1 aromatic carbocycles. The quantitative estimate of drug-likeness (QED) is 0.936. The number of aromatic nitrogens is 1. The van der Waals surface area contributed by atoms with E-state index in [2.05, 4.69) is 34.1 Å². The van der Waals surface area contributed by atoms with Crippen molar-refractivity contribution in [1.82, 2.24) is 5.16 Å². The highest BCUT2D eigenvalue weighted by Crippen LogP contribution is 2.29. The molecular formula is C13H15BrN2O. The molecule has 2 aromatic rings. The van der Waals surface area contributed by atoms with Crippen molar-refractivity contribution in [2.45, 2.75) is 26.3 Å². The standard InChI is InChI=1S/C13H15BrN2O/c1-3-11(15)13-7-12(16-17-13)9-5-4-8(2)6-10(9)14/h4-7,11H,3,15H2,1-2H3. The number of rotatable bonds is 3. The summed E-state index contributed by atoms with van der Waals surface area (Å²) >= 11 is 3.53. The summed E-state index contributed by atoms with van der Waals surface area (Å²) in [5.41, 5.74) is 8.94. The molecule has 1 aromatic heterocycles. The molecule has 0 radical (unpaired) electrons. The van der Waals surface area contributed by atoms with Crippen LogP contribution >= 0.6 is 15.9 Å². The molecular weight excluding hydrogens is 280 g/mol. The van der Waals surface area contributed by atoms with Gasteiger partial charge in [0.15, 0.2) is 5.76 Å². The first kappa shape index (κ1) is 12.3. The zero-order valence-electron chi connectivity index (χ0n) is 9.90. The summed E-state index contributed by atoms with van der Waals surface area (Å²) in [7, 11) is 0. The Morgan fingerprint density at radius 3 is 2.82 bits per heavy atom. The van der Waals surface area contributed by atoms with Gasteiger partial charge in [-0.3, -0.25) is 0 Å². The number of hydrogen-bond acceptors (Lipinski definition) is 3. The van der Waals surface area contributed by atoms with Gasteiger partial charge < -0.3 is 10.3 Å². The van der Waals surface area contributed by atoms with Crippen molar-refractivity contribution >= 4 is 15.9 Å². The third-order valence-electron chi connectivity index (χ3n) is 2.73. The summed E-state index contributed by atoms with van der Waals surface area (Å²) < 4.78 is 6.28. The molecule has 1 unspecified atom stereocenters. The molecule has 0 fully saturated rings. The topological polar surface area (TPSA) is 52.0 Å². The van der Waals surface area contributed by atoms with Gasteiger partial charge in [-0.1, -0.05) is 40.1 Å². The Balaban J connectivity index is 2.37. The van der Waals surface area contributed by atoms with Crippen molar-refractivity contribution in [2.24, 2.45) is 5.73 Å². The predicted molar refractivity (Wildman–Crippen MR) is 71.6 cm³/mol. The Kier molecular flexibility index (Phi) is 3.64. The van der Waals surface area contributed by atoms with Gasteiger partial charge in [-0.25, -0.2) is 0 Å². The van der Waals surface area contributed by atoms with Gasteiger partial charge in [0.2, 0.25) is 0 Å². The first-order chi connectivity index (χ1) is 8.11. The SMILES string of the molecule is CCC(N)c1cc(-c2ccc(C)cc2Br)no1. The summed E-state index contributed by atoms with van der Waals surface area (Å²) in [6, 6.07) is 7.96. The molecule has 17 heavy (non-hydrogen) atoms. The van der Waals surface area contributed by atoms with Crippen LogP contribution in [0.15, 0.2) is 33.3 Å². The molecule has 90 valence electrons. The summed E-state index contributed by atoms with van der Waals surface area (Å²) in [5.74, 6) is 0.731. The molecule has 3 nitrogen and oxygen atoms in total. The van der Waals surface area contributed by atoms with Crippen LogP contribution in [-0.2, 0) is 0 Å². The lowest BCUT2D eigenvalue weighted by Crippen LogP contribution is -2.06. The number of halogens is 1. The molecule has 0 saturated heterocycles. The molecule has 1 heterocycles. The van der Waals surface area contributed by atoms with E-state index in [1.54, 1.807) is 0 Å². The average molecular weight is 295 g/mol. The van der Waals surface area contributed by atoms with Crippen LogP contribution in [0.3, 0.4) is 0 Å². The van der Waals surface area contributed by atoms with E-state index in [9.17, 15) is 0 Å². The minimum Gasteiger partial charge on any atom is -0.359 e. The zero-order chi connectivity index (χ0) is 12.4. The lowest BCUT2D eigenvalue weighted by atomic mass is 10.1. The smallest absolute Gasteiger partial charge is 0.154 e. The second kappa shape index (κ2) is 5.02. The van der Waals surface area contributed by atoms with Crippen molar-refractivity contribution in [3.8, 4) is 11.3 Å². The van der Waals surface area contributed by atoms with Crippen molar-refractivity contribution < 1.29 is 4.52 Å². The fourth-order valence-electron chi connectivity index (χ4n) is 1.62. The normalized spacial score (nSPS) is 12.7. The monoisotopic (exact) mass is 294 g/mol. The Morgan fingerprint density at radius 2 is 2.18 bits per heavy atom. The summed E-state index contributed by atoms with van der Waals surface area (Å²) in [4.78, 5) is 0. The molecule has 2 N–H and O–H groups in total. The lowest BCUT2D eigenvalue weighted by Gasteiger charge is -2.02. The predicted octanol–water partition coefficient (Wildman–Crippen LogP) is 3.82. The van der Waals surface area contributed by atoms with Gasteiger partial charge in [-0.05, 0) is 25.0 Å². The van der Waals surface area contributed by atoms with Crippen LogP contribution in [0.5, 0.6) is 0 Å². The maximum atomic E-state index is 5.90. The third kappa shape index (κ3) is 2.58. The van der Waals surface area contributed by atoms with Crippen LogP contribution in [0.2, 0.25) is 0 Å². The molecule has 0 aliphatic heterocycles. The molecule has 0 bridgehead atoms. The van der Waals surface area contributed by atoms with Gasteiger partial charge in [0.1, 0.15) is 5.69 Å². The van der Waals surface area contributed by atoms with Crippen LogP contribution in [0.25, 0.3) is 11.3 Å². The average Bonchev–Trinajstić information content (AvgIpc) is 2.77. The largest absolute Gasteiger partial charge is 0.359 e. The van der Waals surface area contributed by atoms with E-state index in [1.165, 1.54) is 5.56 Å². The summed E-state index contributed by atoms with van der Waals surface area (Å²) in [6.07, 6.45) is 0.837. The van der Waals surface area contributed by atoms with E-state index >= 15 is 0 Å². The summed E-state index contributed by atoms with van der Waals surface area (Å²) in [5, 5.41) is 4.06. The van der Waals surface area contributed by atoms with Crippen LogP contribution in [0, 0.1) is 6.92 Å². The van der Waals surface area contributed by atoms with Crippen LogP contribution in [0.4, 0.5) is 0 Å². The van der Waals surface area contributed by atoms with E-state index < -0.39 is 0 Å². The first-order valence-electron chi connectivity index (χ1n) is 5.60. The number of hydrogen-bond donors (Lipinski definition) is 1. The van der Waals surface area contributed by atoms with E-state index in [0.29, 0.717) is 0 Å². The molecule has 0 aliphatic carbocycles. The molecule has 2 rings (SSSR count). The minimum atomic E-state index is -0.0829. The molecule has 0 aliphatic rings. The maximum Gasteiger partial charge on any atom is 0.154 e. The van der Waals surface area contributed by atoms with Crippen molar-refractivity contribution in [3.05, 3.63) is 40.1 Å². The Bertz CT molecular complexity index is 522. The Hall–Kier alpha value is -1.13. The molecule has 1 atom stereocenters. The third-order valence-corrected chi connectivity index (χ3v) is 3.39. The van der Waals surface area contributed by atoms with Gasteiger partial charge in [0.25, 0.3) is 0 Å². The van der Waals surface area contributed by atoms with Gasteiger partial charge in [0.05, 0.1) is 6.04 Å². The highest BCUT2D eigenvalue weighted by Gasteiger charge is 2.13. The zero-order valence-corrected chi connectivity index (χ0v) is 11.5. The minimum absolute atomic E-state index is 0.0829. The van der Waals surface area contributed by atoms with Gasteiger partial charge >= 0.3 is 0 Å².